The van der Waals surface area contributed by atoms with Crippen LogP contribution in [-0.4, -0.2) is 40.6 Å². The van der Waals surface area contributed by atoms with Crippen molar-refractivity contribution in [3.05, 3.63) is 22.7 Å². The zero-order valence-electron chi connectivity index (χ0n) is 11.9. The first-order valence-corrected chi connectivity index (χ1v) is 7.22. The van der Waals surface area contributed by atoms with Crippen molar-refractivity contribution in [2.45, 2.75) is 33.2 Å². The summed E-state index contributed by atoms with van der Waals surface area (Å²) in [5, 5.41) is 3.16. The highest BCUT2D eigenvalue weighted by Gasteiger charge is 2.15. The maximum Gasteiger partial charge on any atom is 0.293 e. The third kappa shape index (κ3) is 3.80. The molecule has 0 atom stereocenters. The van der Waals surface area contributed by atoms with Gasteiger partial charge >= 0.3 is 0 Å². The number of nitrogens with zero attached hydrogens (tertiary/aromatic N) is 3. The predicted octanol–water partition coefficient (Wildman–Crippen LogP) is 1.41. The molecule has 0 bridgehead atoms. The van der Waals surface area contributed by atoms with Crippen LogP contribution in [0.4, 0.5) is 5.82 Å². The van der Waals surface area contributed by atoms with Crippen molar-refractivity contribution >= 4 is 5.82 Å². The lowest BCUT2D eigenvalue weighted by Crippen LogP contribution is -2.36. The zero-order chi connectivity index (χ0) is 13.7. The predicted molar refractivity (Wildman–Crippen MR) is 77.5 cm³/mol. The summed E-state index contributed by atoms with van der Waals surface area (Å²) in [4.78, 5) is 18.5. The van der Waals surface area contributed by atoms with Crippen LogP contribution in [0, 0.1) is 5.92 Å². The molecule has 0 unspecified atom stereocenters. The molecule has 1 fully saturated rings. The highest BCUT2D eigenvalue weighted by molar-refractivity contribution is 5.30. The molecule has 1 aliphatic heterocycles. The highest BCUT2D eigenvalue weighted by atomic mass is 16.1. The van der Waals surface area contributed by atoms with Gasteiger partial charge in [-0.1, -0.05) is 6.92 Å². The van der Waals surface area contributed by atoms with Crippen molar-refractivity contribution in [1.82, 2.24) is 14.5 Å². The number of hydrogen-bond donors (Lipinski definition) is 1. The molecule has 0 amide bonds. The Balaban J connectivity index is 1.81. The second-order valence-electron chi connectivity index (χ2n) is 5.32. The zero-order valence-corrected chi connectivity index (χ0v) is 11.9. The SMILES string of the molecule is CCn1ccnc(NCCN2CCC(C)CC2)c1=O. The Hall–Kier alpha value is -1.36. The molecule has 2 heterocycles. The molecule has 5 heteroatoms. The van der Waals surface area contributed by atoms with Crippen molar-refractivity contribution in [2.75, 3.05) is 31.5 Å². The van der Waals surface area contributed by atoms with Gasteiger partial charge in [0, 0.05) is 32.0 Å². The number of anilines is 1. The van der Waals surface area contributed by atoms with Gasteiger partial charge in [-0.3, -0.25) is 4.79 Å². The fourth-order valence-electron chi connectivity index (χ4n) is 2.44. The quantitative estimate of drug-likeness (QED) is 0.873. The topological polar surface area (TPSA) is 50.2 Å². The van der Waals surface area contributed by atoms with Gasteiger partial charge in [0.15, 0.2) is 5.82 Å². The van der Waals surface area contributed by atoms with E-state index in [-0.39, 0.29) is 5.56 Å². The minimum atomic E-state index is -0.0303. The van der Waals surface area contributed by atoms with Crippen LogP contribution in [-0.2, 0) is 6.54 Å². The summed E-state index contributed by atoms with van der Waals surface area (Å²) in [6.45, 7) is 9.06. The molecule has 1 aliphatic rings. The summed E-state index contributed by atoms with van der Waals surface area (Å²) in [5.41, 5.74) is -0.0303. The number of piperidine rings is 1. The average molecular weight is 264 g/mol. The van der Waals surface area contributed by atoms with Crippen LogP contribution in [0.25, 0.3) is 0 Å². The van der Waals surface area contributed by atoms with E-state index in [2.05, 4.69) is 22.1 Å². The van der Waals surface area contributed by atoms with E-state index in [9.17, 15) is 4.79 Å². The molecule has 0 radical (unpaired) electrons. The van der Waals surface area contributed by atoms with Gasteiger partial charge in [0.2, 0.25) is 0 Å². The Labute approximate surface area is 114 Å². The van der Waals surface area contributed by atoms with Crippen LogP contribution in [0.15, 0.2) is 17.2 Å². The van der Waals surface area contributed by atoms with Gasteiger partial charge in [-0.25, -0.2) is 4.98 Å². The van der Waals surface area contributed by atoms with Crippen LogP contribution >= 0.6 is 0 Å². The van der Waals surface area contributed by atoms with Crippen molar-refractivity contribution in [3.63, 3.8) is 0 Å². The molecule has 0 saturated carbocycles. The lowest BCUT2D eigenvalue weighted by molar-refractivity contribution is 0.199. The number of nitrogens with one attached hydrogen (secondary N) is 1. The van der Waals surface area contributed by atoms with Crippen LogP contribution in [0.1, 0.15) is 26.7 Å². The number of likely N-dealkylation sites (tertiary alicyclic amines) is 1. The Kier molecular flexibility index (Phi) is 4.96. The Morgan fingerprint density at radius 2 is 2.16 bits per heavy atom. The lowest BCUT2D eigenvalue weighted by atomic mass is 9.99. The van der Waals surface area contributed by atoms with E-state index < -0.39 is 0 Å². The molecule has 5 nitrogen and oxygen atoms in total. The van der Waals surface area contributed by atoms with Crippen LogP contribution in [0.5, 0.6) is 0 Å². The van der Waals surface area contributed by atoms with E-state index in [0.717, 1.165) is 19.0 Å². The smallest absolute Gasteiger partial charge is 0.293 e. The summed E-state index contributed by atoms with van der Waals surface area (Å²) < 4.78 is 1.66. The molecule has 0 aliphatic carbocycles. The Morgan fingerprint density at radius 1 is 1.42 bits per heavy atom. The molecule has 1 saturated heterocycles. The summed E-state index contributed by atoms with van der Waals surface area (Å²) in [6.07, 6.45) is 5.97. The van der Waals surface area contributed by atoms with E-state index in [1.165, 1.54) is 25.9 Å². The fraction of sp³-hybridized carbons (Fsp3) is 0.714. The Morgan fingerprint density at radius 3 is 2.84 bits per heavy atom. The number of hydrogen-bond acceptors (Lipinski definition) is 4. The van der Waals surface area contributed by atoms with Gasteiger partial charge in [-0.15, -0.1) is 0 Å². The van der Waals surface area contributed by atoms with Crippen molar-refractivity contribution in [1.29, 1.82) is 0 Å². The van der Waals surface area contributed by atoms with Gasteiger partial charge in [-0.05, 0) is 38.8 Å². The molecule has 19 heavy (non-hydrogen) atoms. The first kappa shape index (κ1) is 14.1. The van der Waals surface area contributed by atoms with Gasteiger partial charge < -0.3 is 14.8 Å². The highest BCUT2D eigenvalue weighted by Crippen LogP contribution is 2.15. The van der Waals surface area contributed by atoms with Gasteiger partial charge in [0.05, 0.1) is 0 Å². The standard InChI is InChI=1S/C14H24N4O/c1-3-18-11-7-16-13(14(18)19)15-6-10-17-8-4-12(2)5-9-17/h7,11-12H,3-6,8-10H2,1-2H3,(H,15,16). The second-order valence-corrected chi connectivity index (χ2v) is 5.32. The maximum atomic E-state index is 11.9. The average Bonchev–Trinajstić information content (AvgIpc) is 2.43. The molecular weight excluding hydrogens is 240 g/mol. The molecule has 1 N–H and O–H groups in total. The van der Waals surface area contributed by atoms with Gasteiger partial charge in [-0.2, -0.15) is 0 Å². The van der Waals surface area contributed by atoms with Crippen LogP contribution in [0.3, 0.4) is 0 Å². The summed E-state index contributed by atoms with van der Waals surface area (Å²) >= 11 is 0. The van der Waals surface area contributed by atoms with E-state index in [4.69, 9.17) is 0 Å². The lowest BCUT2D eigenvalue weighted by Gasteiger charge is -2.30. The van der Waals surface area contributed by atoms with Crippen LogP contribution in [0.2, 0.25) is 0 Å². The molecule has 0 spiro atoms. The van der Waals surface area contributed by atoms with Gasteiger partial charge in [0.25, 0.3) is 5.56 Å². The summed E-state index contributed by atoms with van der Waals surface area (Å²) in [7, 11) is 0. The molecule has 106 valence electrons. The first-order chi connectivity index (χ1) is 9.20. The number of rotatable bonds is 5. The monoisotopic (exact) mass is 264 g/mol. The molecular formula is C14H24N4O. The van der Waals surface area contributed by atoms with E-state index >= 15 is 0 Å². The first-order valence-electron chi connectivity index (χ1n) is 7.22. The molecule has 1 aromatic rings. The summed E-state index contributed by atoms with van der Waals surface area (Å²) in [5.74, 6) is 1.33. The third-order valence-electron chi connectivity index (χ3n) is 3.85. The number of aromatic nitrogens is 2. The van der Waals surface area contributed by atoms with Gasteiger partial charge in [0.1, 0.15) is 0 Å². The number of aryl methyl sites for hydroxylation is 1. The summed E-state index contributed by atoms with van der Waals surface area (Å²) in [6, 6.07) is 0. The van der Waals surface area contributed by atoms with E-state index in [1.54, 1.807) is 17.0 Å². The second kappa shape index (κ2) is 6.70. The third-order valence-corrected chi connectivity index (χ3v) is 3.85. The largest absolute Gasteiger partial charge is 0.364 e. The maximum absolute atomic E-state index is 11.9. The minimum Gasteiger partial charge on any atom is -0.364 e. The normalized spacial score (nSPS) is 17.6. The molecule has 1 aromatic heterocycles. The van der Waals surface area contributed by atoms with Crippen molar-refractivity contribution in [3.8, 4) is 0 Å². The van der Waals surface area contributed by atoms with E-state index in [0.29, 0.717) is 12.4 Å². The Bertz CT molecular complexity index is 449. The van der Waals surface area contributed by atoms with Crippen molar-refractivity contribution < 1.29 is 0 Å². The van der Waals surface area contributed by atoms with Crippen molar-refractivity contribution in [2.24, 2.45) is 5.92 Å². The van der Waals surface area contributed by atoms with Crippen LogP contribution < -0.4 is 10.9 Å². The molecule has 2 rings (SSSR count). The molecule has 0 aromatic carbocycles. The minimum absolute atomic E-state index is 0.0303. The fourth-order valence-corrected chi connectivity index (χ4v) is 2.44. The van der Waals surface area contributed by atoms with E-state index in [1.807, 2.05) is 6.92 Å².